The number of aliphatic hydroxyl groups excluding tert-OH is 2. The van der Waals surface area contributed by atoms with Gasteiger partial charge in [0.1, 0.15) is 0 Å². The minimum atomic E-state index is -0.560. The van der Waals surface area contributed by atoms with Crippen LogP contribution < -0.4 is 22.9 Å². The lowest BCUT2D eigenvalue weighted by molar-refractivity contribution is 0.110. The molecule has 0 rings (SSSR count). The van der Waals surface area contributed by atoms with E-state index in [0.717, 1.165) is 0 Å². The summed E-state index contributed by atoms with van der Waals surface area (Å²) in [6, 6.07) is 0.458. The maximum Gasteiger partial charge on any atom is 0.0742 e. The van der Waals surface area contributed by atoms with Crippen LogP contribution in [-0.4, -0.2) is 73.5 Å². The molecule has 0 saturated carbocycles. The number of ether oxygens (including phenoxy) is 2. The van der Waals surface area contributed by atoms with Crippen LogP contribution in [0.25, 0.3) is 0 Å². The molecule has 0 aromatic carbocycles. The van der Waals surface area contributed by atoms with E-state index in [9.17, 15) is 0 Å². The van der Waals surface area contributed by atoms with E-state index >= 15 is 0 Å². The van der Waals surface area contributed by atoms with Crippen LogP contribution in [-0.2, 0) is 9.47 Å². The largest absolute Gasteiger partial charge is 0.394 e. The van der Waals surface area contributed by atoms with Crippen molar-refractivity contribution in [2.75, 3.05) is 33.0 Å². The molecule has 0 heterocycles. The lowest BCUT2D eigenvalue weighted by Crippen LogP contribution is -2.27. The number of hydrogen-bond donors (Lipinski definition) is 6. The molecule has 10 N–H and O–H groups in total. The Morgan fingerprint density at radius 3 is 0.913 bits per heavy atom. The molecule has 0 aromatic heterocycles. The summed E-state index contributed by atoms with van der Waals surface area (Å²) in [5.41, 5.74) is 21.7. The van der Waals surface area contributed by atoms with Crippen molar-refractivity contribution in [3.63, 3.8) is 0 Å². The van der Waals surface area contributed by atoms with Crippen molar-refractivity contribution < 1.29 is 19.7 Å². The average Bonchev–Trinajstić information content (AvgIpc) is 2.38. The topological polar surface area (TPSA) is 163 Å². The van der Waals surface area contributed by atoms with E-state index in [-0.39, 0.29) is 30.8 Å². The van der Waals surface area contributed by atoms with Gasteiger partial charge in [-0.1, -0.05) is 0 Å². The van der Waals surface area contributed by atoms with E-state index in [0.29, 0.717) is 26.4 Å². The standard InChI is InChI=1S/2C6H16N2O.C3H8O2/c2*1-5(7)3-9-4-6(2)8;1-3(5)2-4/h2*5-6H,3-4,7-8H2,1-2H3;3-5H,2H2,1H3. The highest BCUT2D eigenvalue weighted by Gasteiger charge is 1.96. The molecule has 5 atom stereocenters. The number of aliphatic hydroxyl groups is 2. The van der Waals surface area contributed by atoms with Gasteiger partial charge in [-0.2, -0.15) is 0 Å². The molecular weight excluding hydrogens is 300 g/mol. The summed E-state index contributed by atoms with van der Waals surface area (Å²) in [7, 11) is 0. The van der Waals surface area contributed by atoms with E-state index in [1.165, 1.54) is 6.92 Å². The lowest BCUT2D eigenvalue weighted by Gasteiger charge is -2.08. The van der Waals surface area contributed by atoms with Gasteiger partial charge in [0.2, 0.25) is 0 Å². The molecule has 144 valence electrons. The third kappa shape index (κ3) is 44.9. The lowest BCUT2D eigenvalue weighted by atomic mass is 10.4. The minimum Gasteiger partial charge on any atom is -0.394 e. The first-order valence-electron chi connectivity index (χ1n) is 7.99. The Morgan fingerprint density at radius 1 is 0.652 bits per heavy atom. The molecular formula is C15H40N4O4. The Hall–Kier alpha value is -0.320. The van der Waals surface area contributed by atoms with Crippen LogP contribution in [0.4, 0.5) is 0 Å². The zero-order valence-electron chi connectivity index (χ0n) is 15.4. The van der Waals surface area contributed by atoms with Crippen molar-refractivity contribution in [2.24, 2.45) is 22.9 Å². The van der Waals surface area contributed by atoms with Crippen molar-refractivity contribution in [1.29, 1.82) is 0 Å². The van der Waals surface area contributed by atoms with E-state index in [1.807, 2.05) is 27.7 Å². The Bertz CT molecular complexity index is 182. The van der Waals surface area contributed by atoms with E-state index in [1.54, 1.807) is 0 Å². The molecule has 0 aliphatic rings. The highest BCUT2D eigenvalue weighted by atomic mass is 16.5. The molecule has 0 spiro atoms. The van der Waals surface area contributed by atoms with Gasteiger partial charge in [0, 0.05) is 24.2 Å². The smallest absolute Gasteiger partial charge is 0.0742 e. The molecule has 0 amide bonds. The van der Waals surface area contributed by atoms with Crippen LogP contribution >= 0.6 is 0 Å². The molecule has 0 saturated heterocycles. The first-order valence-corrected chi connectivity index (χ1v) is 7.99. The van der Waals surface area contributed by atoms with Gasteiger partial charge in [-0.3, -0.25) is 0 Å². The molecule has 8 heteroatoms. The van der Waals surface area contributed by atoms with Gasteiger partial charge in [0.15, 0.2) is 0 Å². The Morgan fingerprint density at radius 2 is 0.826 bits per heavy atom. The molecule has 0 fully saturated rings. The first-order chi connectivity index (χ1) is 10.5. The predicted molar refractivity (Wildman–Crippen MR) is 95.0 cm³/mol. The zero-order chi connectivity index (χ0) is 18.8. The van der Waals surface area contributed by atoms with Gasteiger partial charge >= 0.3 is 0 Å². The highest BCUT2D eigenvalue weighted by Crippen LogP contribution is 1.82. The van der Waals surface area contributed by atoms with Crippen molar-refractivity contribution in [3.05, 3.63) is 0 Å². The molecule has 0 radical (unpaired) electrons. The third-order valence-electron chi connectivity index (χ3n) is 1.79. The summed E-state index contributed by atoms with van der Waals surface area (Å²) >= 11 is 0. The van der Waals surface area contributed by atoms with Crippen LogP contribution in [0, 0.1) is 0 Å². The fraction of sp³-hybridized carbons (Fsp3) is 1.00. The normalized spacial score (nSPS) is 16.8. The van der Waals surface area contributed by atoms with Crippen molar-refractivity contribution in [2.45, 2.75) is 64.9 Å². The summed E-state index contributed by atoms with van der Waals surface area (Å²) in [4.78, 5) is 0. The Kier molecular flexibility index (Phi) is 23.6. The second kappa shape index (κ2) is 19.7. The highest BCUT2D eigenvalue weighted by molar-refractivity contribution is 4.53. The average molecular weight is 341 g/mol. The molecule has 0 aromatic rings. The molecule has 0 aliphatic heterocycles. The third-order valence-corrected chi connectivity index (χ3v) is 1.79. The van der Waals surface area contributed by atoms with Gasteiger partial charge in [-0.15, -0.1) is 0 Å². The fourth-order valence-electron chi connectivity index (χ4n) is 0.880. The number of rotatable bonds is 9. The quantitative estimate of drug-likeness (QED) is 0.303. The maximum atomic E-state index is 8.11. The van der Waals surface area contributed by atoms with Crippen molar-refractivity contribution in [1.82, 2.24) is 0 Å². The van der Waals surface area contributed by atoms with E-state index in [2.05, 4.69) is 0 Å². The molecule has 23 heavy (non-hydrogen) atoms. The van der Waals surface area contributed by atoms with Crippen molar-refractivity contribution in [3.8, 4) is 0 Å². The predicted octanol–water partition coefficient (Wildman–Crippen LogP) is -1.25. The molecule has 5 unspecified atom stereocenters. The second-order valence-electron chi connectivity index (χ2n) is 6.02. The van der Waals surface area contributed by atoms with Crippen molar-refractivity contribution >= 4 is 0 Å². The number of nitrogens with two attached hydrogens (primary N) is 4. The SMILES string of the molecule is CC(N)COCC(C)N.CC(N)COCC(C)N.CC(O)CO. The van der Waals surface area contributed by atoms with Crippen LogP contribution in [0.5, 0.6) is 0 Å². The minimum absolute atomic E-state index is 0.115. The van der Waals surface area contributed by atoms with Crippen LogP contribution in [0.3, 0.4) is 0 Å². The van der Waals surface area contributed by atoms with Crippen LogP contribution in [0.1, 0.15) is 34.6 Å². The van der Waals surface area contributed by atoms with Gasteiger partial charge < -0.3 is 42.6 Å². The summed E-state index contributed by atoms with van der Waals surface area (Å²) in [5.74, 6) is 0. The molecule has 0 bridgehead atoms. The monoisotopic (exact) mass is 340 g/mol. The van der Waals surface area contributed by atoms with Gasteiger partial charge in [-0.25, -0.2) is 0 Å². The van der Waals surface area contributed by atoms with E-state index < -0.39 is 6.10 Å². The first kappa shape index (κ1) is 27.5. The Balaban J connectivity index is -0.000000273. The van der Waals surface area contributed by atoms with Gasteiger partial charge in [0.05, 0.1) is 39.1 Å². The van der Waals surface area contributed by atoms with E-state index in [4.69, 9.17) is 42.6 Å². The zero-order valence-corrected chi connectivity index (χ0v) is 15.4. The summed E-state index contributed by atoms with van der Waals surface area (Å²) < 4.78 is 10.2. The fourth-order valence-corrected chi connectivity index (χ4v) is 0.880. The summed E-state index contributed by atoms with van der Waals surface area (Å²) in [5, 5.41) is 16.0. The van der Waals surface area contributed by atoms with Crippen LogP contribution in [0.2, 0.25) is 0 Å². The van der Waals surface area contributed by atoms with Gasteiger partial charge in [-0.05, 0) is 34.6 Å². The molecule has 0 aliphatic carbocycles. The van der Waals surface area contributed by atoms with Gasteiger partial charge in [0.25, 0.3) is 0 Å². The molecule has 8 nitrogen and oxygen atoms in total. The summed E-state index contributed by atoms with van der Waals surface area (Å²) in [6.45, 7) is 11.4. The second-order valence-corrected chi connectivity index (χ2v) is 6.02. The Labute approximate surface area is 141 Å². The summed E-state index contributed by atoms with van der Waals surface area (Å²) in [6.07, 6.45) is -0.560. The van der Waals surface area contributed by atoms with Crippen LogP contribution in [0.15, 0.2) is 0 Å². The number of hydrogen-bond acceptors (Lipinski definition) is 8. The maximum absolute atomic E-state index is 8.11.